The van der Waals surface area contributed by atoms with Gasteiger partial charge in [-0.1, -0.05) is 59.3 Å². The van der Waals surface area contributed by atoms with Gasteiger partial charge < -0.3 is 9.72 Å². The molecule has 1 aromatic heterocycles. The summed E-state index contributed by atoms with van der Waals surface area (Å²) in [5.41, 5.74) is 4.39. The van der Waals surface area contributed by atoms with E-state index in [4.69, 9.17) is 9.72 Å². The second-order valence-corrected chi connectivity index (χ2v) is 8.83. The van der Waals surface area contributed by atoms with Crippen molar-refractivity contribution in [3.8, 4) is 5.75 Å². The van der Waals surface area contributed by atoms with Gasteiger partial charge in [0.2, 0.25) is 0 Å². The van der Waals surface area contributed by atoms with Crippen molar-refractivity contribution in [3.05, 3.63) is 84.8 Å². The lowest BCUT2D eigenvalue weighted by Crippen LogP contribution is -2.16. The molecule has 0 atom stereocenters. The first-order valence-corrected chi connectivity index (χ1v) is 11.2. The van der Waals surface area contributed by atoms with E-state index in [-0.39, 0.29) is 5.56 Å². The molecule has 0 fully saturated rings. The zero-order valence-electron chi connectivity index (χ0n) is 16.0. The number of H-pyrrole nitrogens is 1. The summed E-state index contributed by atoms with van der Waals surface area (Å²) >= 11 is 3.65. The van der Waals surface area contributed by atoms with Crippen LogP contribution in [0.1, 0.15) is 28.8 Å². The number of ether oxygens (including phenoxy) is 1. The molecular weight excluding hydrogens is 483 g/mol. The number of halogens is 1. The summed E-state index contributed by atoms with van der Waals surface area (Å²) in [5.74, 6) is 1.71. The second kappa shape index (κ2) is 10.1. The number of rotatable bonds is 8. The van der Waals surface area contributed by atoms with Crippen LogP contribution in [0, 0.1) is 17.4 Å². The Morgan fingerprint density at radius 1 is 1.11 bits per heavy atom. The Morgan fingerprint density at radius 3 is 2.54 bits per heavy atom. The molecule has 0 unspecified atom stereocenters. The zero-order chi connectivity index (χ0) is 19.9. The molecule has 1 N–H and O–H groups in total. The van der Waals surface area contributed by atoms with Crippen LogP contribution in [0.4, 0.5) is 0 Å². The minimum atomic E-state index is -0.0713. The van der Waals surface area contributed by atoms with Gasteiger partial charge in [-0.05, 0) is 60.6 Å². The average molecular weight is 506 g/mol. The van der Waals surface area contributed by atoms with Crippen LogP contribution in [0.25, 0.3) is 0 Å². The van der Waals surface area contributed by atoms with Crippen LogP contribution in [0.15, 0.2) is 58.5 Å². The number of nitrogens with one attached hydrogen (secondary N) is 1. The highest BCUT2D eigenvalue weighted by Gasteiger charge is 2.11. The molecule has 0 saturated heterocycles. The van der Waals surface area contributed by atoms with Crippen LogP contribution in [0.5, 0.6) is 5.75 Å². The van der Waals surface area contributed by atoms with E-state index in [0.29, 0.717) is 21.8 Å². The summed E-state index contributed by atoms with van der Waals surface area (Å²) in [5, 5.41) is 0.671. The molecule has 0 saturated carbocycles. The Hall–Kier alpha value is -1.80. The molecule has 0 aliphatic rings. The van der Waals surface area contributed by atoms with Crippen molar-refractivity contribution in [1.82, 2.24) is 9.97 Å². The largest absolute Gasteiger partial charge is 0.494 e. The molecule has 0 bridgehead atoms. The molecule has 3 rings (SSSR count). The number of para-hydroxylation sites is 1. The molecule has 28 heavy (non-hydrogen) atoms. The molecule has 4 nitrogen and oxygen atoms in total. The lowest BCUT2D eigenvalue weighted by Gasteiger charge is -2.09. The van der Waals surface area contributed by atoms with Gasteiger partial charge in [0.1, 0.15) is 9.32 Å². The van der Waals surface area contributed by atoms with Crippen LogP contribution in [-0.2, 0) is 6.42 Å². The molecule has 0 radical (unpaired) electrons. The molecule has 0 aliphatic heterocycles. The van der Waals surface area contributed by atoms with E-state index in [2.05, 4.69) is 59.6 Å². The minimum Gasteiger partial charge on any atom is -0.494 e. The van der Waals surface area contributed by atoms with Gasteiger partial charge in [-0.15, -0.1) is 0 Å². The molecular formula is C22H23IN2O2S. The average Bonchev–Trinajstić information content (AvgIpc) is 2.65. The van der Waals surface area contributed by atoms with Gasteiger partial charge in [-0.2, -0.15) is 0 Å². The SMILES string of the molecule is Cc1cc(C)cc(Cc2nc(SCCCOc3ccccc3)[nH]c(=O)c2I)c1. The quantitative estimate of drug-likeness (QED) is 0.199. The predicted octanol–water partition coefficient (Wildman–Crippen LogP) is 5.14. The molecule has 6 heteroatoms. The predicted molar refractivity (Wildman–Crippen MR) is 124 cm³/mol. The highest BCUT2D eigenvalue weighted by atomic mass is 127. The topological polar surface area (TPSA) is 55.0 Å². The zero-order valence-corrected chi connectivity index (χ0v) is 19.0. The fraction of sp³-hybridized carbons (Fsp3) is 0.273. The summed E-state index contributed by atoms with van der Waals surface area (Å²) in [6.07, 6.45) is 1.54. The van der Waals surface area contributed by atoms with E-state index in [1.807, 2.05) is 30.3 Å². The highest BCUT2D eigenvalue weighted by Crippen LogP contribution is 2.19. The monoisotopic (exact) mass is 506 g/mol. The van der Waals surface area contributed by atoms with Crippen molar-refractivity contribution < 1.29 is 4.74 Å². The highest BCUT2D eigenvalue weighted by molar-refractivity contribution is 14.1. The van der Waals surface area contributed by atoms with Crippen LogP contribution in [-0.4, -0.2) is 22.3 Å². The summed E-state index contributed by atoms with van der Waals surface area (Å²) in [7, 11) is 0. The Kier molecular flexibility index (Phi) is 7.56. The minimum absolute atomic E-state index is 0.0713. The fourth-order valence-electron chi connectivity index (χ4n) is 2.97. The van der Waals surface area contributed by atoms with Crippen LogP contribution in [0.3, 0.4) is 0 Å². The van der Waals surface area contributed by atoms with Gasteiger partial charge in [0.05, 0.1) is 12.3 Å². The van der Waals surface area contributed by atoms with Gasteiger partial charge in [0, 0.05) is 12.2 Å². The van der Waals surface area contributed by atoms with Crippen molar-refractivity contribution >= 4 is 34.4 Å². The Morgan fingerprint density at radius 2 is 1.82 bits per heavy atom. The maximum absolute atomic E-state index is 12.3. The van der Waals surface area contributed by atoms with Crippen LogP contribution in [0.2, 0.25) is 0 Å². The Bertz CT molecular complexity index is 969. The van der Waals surface area contributed by atoms with Crippen molar-refractivity contribution in [2.45, 2.75) is 31.8 Å². The van der Waals surface area contributed by atoms with Crippen molar-refractivity contribution in [1.29, 1.82) is 0 Å². The van der Waals surface area contributed by atoms with Crippen molar-refractivity contribution in [3.63, 3.8) is 0 Å². The van der Waals surface area contributed by atoms with E-state index >= 15 is 0 Å². The number of aromatic amines is 1. The fourth-order valence-corrected chi connectivity index (χ4v) is 4.21. The van der Waals surface area contributed by atoms with Gasteiger partial charge in [-0.3, -0.25) is 4.79 Å². The maximum Gasteiger partial charge on any atom is 0.265 e. The normalized spacial score (nSPS) is 10.8. The standard InChI is InChI=1S/C22H23IN2O2S/c1-15-11-16(2)13-17(12-15)14-19-20(23)21(26)25-22(24-19)28-10-6-9-27-18-7-4-3-5-8-18/h3-5,7-8,11-13H,6,9-10,14H2,1-2H3,(H,24,25,26). The van der Waals surface area contributed by atoms with E-state index in [1.165, 1.54) is 16.7 Å². The van der Waals surface area contributed by atoms with Crippen LogP contribution >= 0.6 is 34.4 Å². The molecule has 1 heterocycles. The molecule has 146 valence electrons. The number of hydrogen-bond acceptors (Lipinski definition) is 4. The van der Waals surface area contributed by atoms with Crippen molar-refractivity contribution in [2.75, 3.05) is 12.4 Å². The Balaban J connectivity index is 1.60. The molecule has 0 aliphatic carbocycles. The third-order valence-electron chi connectivity index (χ3n) is 4.10. The number of nitrogens with zero attached hydrogens (tertiary/aromatic N) is 1. The smallest absolute Gasteiger partial charge is 0.265 e. The number of aromatic nitrogens is 2. The van der Waals surface area contributed by atoms with Gasteiger partial charge in [0.15, 0.2) is 5.16 Å². The number of hydrogen-bond donors (Lipinski definition) is 1. The number of benzene rings is 2. The van der Waals surface area contributed by atoms with E-state index in [0.717, 1.165) is 23.6 Å². The van der Waals surface area contributed by atoms with Gasteiger partial charge >= 0.3 is 0 Å². The number of aryl methyl sites for hydroxylation is 2. The number of thioether (sulfide) groups is 1. The van der Waals surface area contributed by atoms with E-state index < -0.39 is 0 Å². The molecule has 0 amide bonds. The Labute approximate surface area is 183 Å². The first-order chi connectivity index (χ1) is 13.5. The van der Waals surface area contributed by atoms with Crippen LogP contribution < -0.4 is 10.3 Å². The first-order valence-electron chi connectivity index (χ1n) is 9.18. The maximum atomic E-state index is 12.3. The summed E-state index contributed by atoms with van der Waals surface area (Å²) in [6, 6.07) is 16.2. The van der Waals surface area contributed by atoms with Gasteiger partial charge in [-0.25, -0.2) is 4.98 Å². The third-order valence-corrected chi connectivity index (χ3v) is 6.17. The lowest BCUT2D eigenvalue weighted by atomic mass is 10.0. The third kappa shape index (κ3) is 6.10. The summed E-state index contributed by atoms with van der Waals surface area (Å²) in [6.45, 7) is 4.82. The molecule has 3 aromatic rings. The molecule has 0 spiro atoms. The molecule has 2 aromatic carbocycles. The van der Waals surface area contributed by atoms with E-state index in [1.54, 1.807) is 11.8 Å². The van der Waals surface area contributed by atoms with E-state index in [9.17, 15) is 4.79 Å². The summed E-state index contributed by atoms with van der Waals surface area (Å²) < 4.78 is 6.37. The lowest BCUT2D eigenvalue weighted by molar-refractivity contribution is 0.318. The van der Waals surface area contributed by atoms with Crippen molar-refractivity contribution in [2.24, 2.45) is 0 Å². The summed E-state index contributed by atoms with van der Waals surface area (Å²) in [4.78, 5) is 19.9. The first kappa shape index (κ1) is 20.9. The van der Waals surface area contributed by atoms with Gasteiger partial charge in [0.25, 0.3) is 5.56 Å². The second-order valence-electron chi connectivity index (χ2n) is 6.67.